The van der Waals surface area contributed by atoms with Crippen molar-refractivity contribution in [3.63, 3.8) is 0 Å². The summed E-state index contributed by atoms with van der Waals surface area (Å²) in [4.78, 5) is 10.2. The summed E-state index contributed by atoms with van der Waals surface area (Å²) in [7, 11) is 0. The maximum atomic E-state index is 10.7. The summed E-state index contributed by atoms with van der Waals surface area (Å²) >= 11 is 1.36. The van der Waals surface area contributed by atoms with Crippen LogP contribution in [0, 0.1) is 10.1 Å². The standard InChI is InChI=1S/C13H12N6O3S/c1-2-5-18-12(11-4-3-6-22-11)15-16-13(18)23-9-17-8-10(7-14-17)19(20)21/h2-4,6-8H,1,5,9H2. The third-order valence-corrected chi connectivity index (χ3v) is 3.88. The van der Waals surface area contributed by atoms with Gasteiger partial charge in [0.25, 0.3) is 0 Å². The zero-order valence-electron chi connectivity index (χ0n) is 11.9. The van der Waals surface area contributed by atoms with Gasteiger partial charge in [-0.05, 0) is 12.1 Å². The van der Waals surface area contributed by atoms with E-state index in [2.05, 4.69) is 21.9 Å². The van der Waals surface area contributed by atoms with Gasteiger partial charge in [-0.25, -0.2) is 0 Å². The molecule has 0 amide bonds. The van der Waals surface area contributed by atoms with Crippen molar-refractivity contribution in [2.24, 2.45) is 0 Å². The number of nitro groups is 1. The first-order valence-corrected chi connectivity index (χ1v) is 7.55. The van der Waals surface area contributed by atoms with Crippen LogP contribution < -0.4 is 0 Å². The number of furan rings is 1. The molecule has 0 aromatic carbocycles. The van der Waals surface area contributed by atoms with Crippen LogP contribution in [-0.2, 0) is 12.4 Å². The highest BCUT2D eigenvalue weighted by molar-refractivity contribution is 7.98. The first-order chi connectivity index (χ1) is 11.2. The topological polar surface area (TPSA) is 105 Å². The van der Waals surface area contributed by atoms with E-state index in [1.807, 2.05) is 4.57 Å². The average molecular weight is 332 g/mol. The van der Waals surface area contributed by atoms with Gasteiger partial charge in [-0.15, -0.1) is 16.8 Å². The maximum Gasteiger partial charge on any atom is 0.307 e. The second-order valence-corrected chi connectivity index (χ2v) is 5.36. The number of hydrogen-bond donors (Lipinski definition) is 0. The Balaban J connectivity index is 1.79. The van der Waals surface area contributed by atoms with Crippen LogP contribution >= 0.6 is 11.8 Å². The number of rotatable bonds is 7. The SMILES string of the molecule is C=CCn1c(SCn2cc([N+](=O)[O-])cn2)nnc1-c1ccco1. The molecule has 0 saturated carbocycles. The lowest BCUT2D eigenvalue weighted by atomic mass is 10.4. The Morgan fingerprint density at radius 3 is 3.00 bits per heavy atom. The van der Waals surface area contributed by atoms with Gasteiger partial charge in [0.2, 0.25) is 5.82 Å². The van der Waals surface area contributed by atoms with Crippen LogP contribution in [0.3, 0.4) is 0 Å². The van der Waals surface area contributed by atoms with Crippen molar-refractivity contribution in [1.82, 2.24) is 24.5 Å². The Morgan fingerprint density at radius 2 is 2.35 bits per heavy atom. The van der Waals surface area contributed by atoms with Crippen LogP contribution in [0.4, 0.5) is 5.69 Å². The Hall–Kier alpha value is -2.88. The summed E-state index contributed by atoms with van der Waals surface area (Å²) in [5, 5.41) is 23.5. The molecule has 0 bridgehead atoms. The first-order valence-electron chi connectivity index (χ1n) is 6.56. The first kappa shape index (κ1) is 15.0. The fourth-order valence-electron chi connectivity index (χ4n) is 1.92. The van der Waals surface area contributed by atoms with Crippen LogP contribution in [0.15, 0.2) is 53.0 Å². The Kier molecular flexibility index (Phi) is 4.24. The molecule has 0 atom stereocenters. The highest BCUT2D eigenvalue weighted by Crippen LogP contribution is 2.25. The molecular weight excluding hydrogens is 320 g/mol. The van der Waals surface area contributed by atoms with E-state index in [1.165, 1.54) is 28.8 Å². The number of nitrogens with zero attached hydrogens (tertiary/aromatic N) is 6. The van der Waals surface area contributed by atoms with E-state index >= 15 is 0 Å². The summed E-state index contributed by atoms with van der Waals surface area (Å²) in [5.74, 6) is 1.59. The lowest BCUT2D eigenvalue weighted by Crippen LogP contribution is -2.02. The summed E-state index contributed by atoms with van der Waals surface area (Å²) in [6, 6.07) is 3.58. The van der Waals surface area contributed by atoms with Gasteiger partial charge in [-0.3, -0.25) is 19.4 Å². The molecule has 10 heteroatoms. The minimum atomic E-state index is -0.483. The predicted molar refractivity (Wildman–Crippen MR) is 82.7 cm³/mol. The number of thioether (sulfide) groups is 1. The van der Waals surface area contributed by atoms with E-state index in [9.17, 15) is 10.1 Å². The molecule has 0 aliphatic heterocycles. The van der Waals surface area contributed by atoms with Gasteiger partial charge in [0.15, 0.2) is 10.9 Å². The Morgan fingerprint density at radius 1 is 1.48 bits per heavy atom. The maximum absolute atomic E-state index is 10.7. The van der Waals surface area contributed by atoms with Gasteiger partial charge in [-0.1, -0.05) is 17.8 Å². The van der Waals surface area contributed by atoms with Crippen molar-refractivity contribution in [1.29, 1.82) is 0 Å². The highest BCUT2D eigenvalue weighted by atomic mass is 32.2. The van der Waals surface area contributed by atoms with E-state index in [0.29, 0.717) is 29.2 Å². The lowest BCUT2D eigenvalue weighted by molar-refractivity contribution is -0.385. The Labute approximate surface area is 134 Å². The van der Waals surface area contributed by atoms with Gasteiger partial charge in [0, 0.05) is 6.54 Å². The van der Waals surface area contributed by atoms with Crippen molar-refractivity contribution in [3.8, 4) is 11.6 Å². The van der Waals surface area contributed by atoms with E-state index in [0.717, 1.165) is 0 Å². The van der Waals surface area contributed by atoms with Crippen LogP contribution in [0.5, 0.6) is 0 Å². The molecule has 3 aromatic heterocycles. The number of hydrogen-bond acceptors (Lipinski definition) is 7. The zero-order valence-corrected chi connectivity index (χ0v) is 12.7. The third kappa shape index (κ3) is 3.16. The predicted octanol–water partition coefficient (Wildman–Crippen LogP) is 2.58. The molecule has 0 fully saturated rings. The molecule has 0 spiro atoms. The number of allylic oxidation sites excluding steroid dienone is 1. The fraction of sp³-hybridized carbons (Fsp3) is 0.154. The number of aromatic nitrogens is 5. The molecule has 3 rings (SSSR count). The molecule has 9 nitrogen and oxygen atoms in total. The van der Waals surface area contributed by atoms with Crippen molar-refractivity contribution >= 4 is 17.4 Å². The fourth-order valence-corrected chi connectivity index (χ4v) is 2.72. The lowest BCUT2D eigenvalue weighted by Gasteiger charge is -2.06. The molecule has 0 aliphatic carbocycles. The zero-order chi connectivity index (χ0) is 16.2. The van der Waals surface area contributed by atoms with Gasteiger partial charge in [0.1, 0.15) is 12.4 Å². The molecule has 0 radical (unpaired) electrons. The molecule has 3 aromatic rings. The van der Waals surface area contributed by atoms with Gasteiger partial charge in [0.05, 0.1) is 17.1 Å². The largest absolute Gasteiger partial charge is 0.461 e. The van der Waals surface area contributed by atoms with Crippen molar-refractivity contribution in [2.75, 3.05) is 0 Å². The highest BCUT2D eigenvalue weighted by Gasteiger charge is 2.16. The molecule has 0 N–H and O–H groups in total. The minimum absolute atomic E-state index is 0.0468. The monoisotopic (exact) mass is 332 g/mol. The van der Waals surface area contributed by atoms with Crippen molar-refractivity contribution in [2.45, 2.75) is 17.6 Å². The molecule has 0 aliphatic rings. The molecule has 0 saturated heterocycles. The van der Waals surface area contributed by atoms with Crippen molar-refractivity contribution < 1.29 is 9.34 Å². The third-order valence-electron chi connectivity index (χ3n) is 2.93. The quantitative estimate of drug-likeness (QED) is 0.283. The second-order valence-electron chi connectivity index (χ2n) is 4.45. The average Bonchev–Trinajstić information content (AvgIpc) is 3.26. The smallest absolute Gasteiger partial charge is 0.307 e. The van der Waals surface area contributed by atoms with Crippen LogP contribution in [0.2, 0.25) is 0 Å². The molecule has 0 unspecified atom stereocenters. The molecular formula is C13H12N6O3S. The van der Waals surface area contributed by atoms with E-state index in [-0.39, 0.29) is 5.69 Å². The molecule has 118 valence electrons. The Bertz CT molecular complexity index is 823. The van der Waals surface area contributed by atoms with E-state index in [4.69, 9.17) is 4.42 Å². The summed E-state index contributed by atoms with van der Waals surface area (Å²) < 4.78 is 8.68. The van der Waals surface area contributed by atoms with Crippen LogP contribution in [0.25, 0.3) is 11.6 Å². The van der Waals surface area contributed by atoms with Crippen LogP contribution in [0.1, 0.15) is 0 Å². The van der Waals surface area contributed by atoms with Gasteiger partial charge in [-0.2, -0.15) is 5.10 Å². The second kappa shape index (κ2) is 6.48. The van der Waals surface area contributed by atoms with E-state index in [1.54, 1.807) is 24.5 Å². The van der Waals surface area contributed by atoms with Crippen molar-refractivity contribution in [3.05, 3.63) is 53.6 Å². The minimum Gasteiger partial charge on any atom is -0.461 e. The molecule has 23 heavy (non-hydrogen) atoms. The van der Waals surface area contributed by atoms with Gasteiger partial charge < -0.3 is 4.42 Å². The summed E-state index contributed by atoms with van der Waals surface area (Å²) in [6.45, 7) is 4.25. The normalized spacial score (nSPS) is 10.8. The van der Waals surface area contributed by atoms with E-state index < -0.39 is 4.92 Å². The molecule has 3 heterocycles. The summed E-state index contributed by atoms with van der Waals surface area (Å²) in [6.07, 6.45) is 5.88. The van der Waals surface area contributed by atoms with Crippen LogP contribution in [-0.4, -0.2) is 29.5 Å². The summed E-state index contributed by atoms with van der Waals surface area (Å²) in [5.41, 5.74) is -0.0468. The van der Waals surface area contributed by atoms with Gasteiger partial charge >= 0.3 is 5.69 Å².